The van der Waals surface area contributed by atoms with Crippen molar-refractivity contribution in [3.8, 4) is 5.75 Å². The number of ether oxygens (including phenoxy) is 1. The predicted molar refractivity (Wildman–Crippen MR) is 135 cm³/mol. The van der Waals surface area contributed by atoms with E-state index in [9.17, 15) is 5.11 Å². The molecule has 3 unspecified atom stereocenters. The largest absolute Gasteiger partial charge is 0.487 e. The molecule has 0 aliphatic heterocycles. The minimum Gasteiger partial charge on any atom is -0.487 e. The number of aryl methyl sites for hydroxylation is 2. The van der Waals surface area contributed by atoms with Gasteiger partial charge in [0.05, 0.1) is 11.1 Å². The summed E-state index contributed by atoms with van der Waals surface area (Å²) in [6.45, 7) is 4.42. The molecule has 0 saturated carbocycles. The average Bonchev–Trinajstić information content (AvgIpc) is 3.18. The number of nitrogen functional groups attached to an aromatic ring is 1. The van der Waals surface area contributed by atoms with Gasteiger partial charge in [-0.15, -0.1) is 11.3 Å². The zero-order valence-corrected chi connectivity index (χ0v) is 20.6. The van der Waals surface area contributed by atoms with Crippen LogP contribution in [-0.4, -0.2) is 52.9 Å². The first-order valence-corrected chi connectivity index (χ1v) is 12.3. The number of aromatic nitrogens is 2. The van der Waals surface area contributed by atoms with Gasteiger partial charge in [-0.2, -0.15) is 0 Å². The Morgan fingerprint density at radius 1 is 1.33 bits per heavy atom. The molecule has 8 nitrogen and oxygen atoms in total. The molecule has 0 spiro atoms. The number of nitrogens with one attached hydrogen (secondary N) is 1. The third-order valence-electron chi connectivity index (χ3n) is 6.37. The van der Waals surface area contributed by atoms with Gasteiger partial charge >= 0.3 is 0 Å². The molecule has 1 aromatic carbocycles. The van der Waals surface area contributed by atoms with Crippen molar-refractivity contribution in [1.82, 2.24) is 14.9 Å². The first kappa shape index (κ1) is 23.7. The van der Waals surface area contributed by atoms with Crippen LogP contribution in [0.3, 0.4) is 0 Å². The summed E-state index contributed by atoms with van der Waals surface area (Å²) in [6.07, 6.45) is 4.49. The van der Waals surface area contributed by atoms with Crippen LogP contribution in [0.2, 0.25) is 0 Å². The zero-order valence-electron chi connectivity index (χ0n) is 19.8. The maximum Gasteiger partial charge on any atom is 0.145 e. The third-order valence-corrected chi connectivity index (χ3v) is 7.53. The smallest absolute Gasteiger partial charge is 0.145 e. The Morgan fingerprint density at radius 2 is 2.12 bits per heavy atom. The number of aliphatic hydroxyl groups excluding tert-OH is 1. The number of nitrogens with two attached hydrogens (primary N) is 2. The molecule has 0 saturated heterocycles. The Bertz CT molecular complexity index is 1130. The van der Waals surface area contributed by atoms with Crippen LogP contribution in [0.1, 0.15) is 36.3 Å². The highest BCUT2D eigenvalue weighted by Gasteiger charge is 2.30. The molecule has 178 valence electrons. The number of thiophene rings is 1. The Morgan fingerprint density at radius 3 is 2.82 bits per heavy atom. The molecule has 0 amide bonds. The molecule has 0 fully saturated rings. The third kappa shape index (κ3) is 4.77. The van der Waals surface area contributed by atoms with Crippen LogP contribution in [-0.2, 0) is 19.3 Å². The van der Waals surface area contributed by atoms with Gasteiger partial charge in [0.15, 0.2) is 0 Å². The first-order valence-electron chi connectivity index (χ1n) is 11.5. The predicted octanol–water partition coefficient (Wildman–Crippen LogP) is 3.29. The van der Waals surface area contributed by atoms with E-state index in [1.54, 1.807) is 17.7 Å². The summed E-state index contributed by atoms with van der Waals surface area (Å²) in [4.78, 5) is 13.3. The van der Waals surface area contributed by atoms with E-state index in [1.165, 1.54) is 10.4 Å². The summed E-state index contributed by atoms with van der Waals surface area (Å²) in [5.74, 6) is 1.64. The van der Waals surface area contributed by atoms with E-state index in [1.807, 2.05) is 38.1 Å². The lowest BCUT2D eigenvalue weighted by atomic mass is 9.86. The number of anilines is 3. The summed E-state index contributed by atoms with van der Waals surface area (Å²) in [5.41, 5.74) is 15.9. The Kier molecular flexibility index (Phi) is 7.04. The van der Waals surface area contributed by atoms with Crippen LogP contribution in [0.5, 0.6) is 5.75 Å². The topological polar surface area (TPSA) is 123 Å². The average molecular weight is 471 g/mol. The van der Waals surface area contributed by atoms with Gasteiger partial charge < -0.3 is 26.6 Å². The summed E-state index contributed by atoms with van der Waals surface area (Å²) in [6, 6.07) is 3.90. The zero-order chi connectivity index (χ0) is 23.7. The fraction of sp³-hybridized carbons (Fsp3) is 0.500. The van der Waals surface area contributed by atoms with Crippen LogP contribution >= 0.6 is 11.3 Å². The van der Waals surface area contributed by atoms with E-state index < -0.39 is 6.23 Å². The minimum atomic E-state index is -0.446. The molecular weight excluding hydrogens is 436 g/mol. The second-order valence-corrected chi connectivity index (χ2v) is 10.1. The van der Waals surface area contributed by atoms with E-state index in [-0.39, 0.29) is 12.0 Å². The maximum absolute atomic E-state index is 10.6. The van der Waals surface area contributed by atoms with Crippen LogP contribution in [0.4, 0.5) is 17.2 Å². The Hall–Kier alpha value is -2.46. The molecular formula is C24H34N6O2S. The van der Waals surface area contributed by atoms with Crippen LogP contribution in [0.15, 0.2) is 18.5 Å². The van der Waals surface area contributed by atoms with Gasteiger partial charge in [-0.3, -0.25) is 4.90 Å². The van der Waals surface area contributed by atoms with Crippen LogP contribution < -0.4 is 21.5 Å². The summed E-state index contributed by atoms with van der Waals surface area (Å²) in [7, 11) is 3.84. The Labute approximate surface area is 199 Å². The molecule has 6 N–H and O–H groups in total. The molecule has 4 rings (SSSR count). The highest BCUT2D eigenvalue weighted by molar-refractivity contribution is 7.19. The number of aliphatic hydroxyl groups is 1. The van der Waals surface area contributed by atoms with Crippen molar-refractivity contribution >= 4 is 38.7 Å². The molecule has 33 heavy (non-hydrogen) atoms. The molecule has 9 heteroatoms. The van der Waals surface area contributed by atoms with Crippen molar-refractivity contribution in [1.29, 1.82) is 0 Å². The van der Waals surface area contributed by atoms with Gasteiger partial charge in [-0.1, -0.05) is 6.92 Å². The van der Waals surface area contributed by atoms with Gasteiger partial charge in [0.2, 0.25) is 0 Å². The van der Waals surface area contributed by atoms with E-state index >= 15 is 0 Å². The van der Waals surface area contributed by atoms with Gasteiger partial charge in [0, 0.05) is 29.1 Å². The van der Waals surface area contributed by atoms with Crippen molar-refractivity contribution in [3.63, 3.8) is 0 Å². The minimum absolute atomic E-state index is 0.142. The monoisotopic (exact) mass is 470 g/mol. The highest BCUT2D eigenvalue weighted by atomic mass is 32.1. The number of nitrogens with zero attached hydrogens (tertiary/aromatic N) is 3. The van der Waals surface area contributed by atoms with E-state index in [2.05, 4.69) is 22.2 Å². The number of hydrogen-bond acceptors (Lipinski definition) is 9. The summed E-state index contributed by atoms with van der Waals surface area (Å²) >= 11 is 1.70. The number of rotatable bonds is 8. The normalized spacial score (nSPS) is 17.7. The van der Waals surface area contributed by atoms with E-state index in [0.29, 0.717) is 18.0 Å². The molecule has 3 atom stereocenters. The maximum atomic E-state index is 10.6. The van der Waals surface area contributed by atoms with Crippen molar-refractivity contribution in [2.24, 2.45) is 11.7 Å². The number of benzene rings is 1. The van der Waals surface area contributed by atoms with Crippen molar-refractivity contribution in [2.45, 2.75) is 51.9 Å². The second kappa shape index (κ2) is 9.80. The highest BCUT2D eigenvalue weighted by Crippen LogP contribution is 2.42. The van der Waals surface area contributed by atoms with Crippen molar-refractivity contribution in [2.75, 3.05) is 31.7 Å². The van der Waals surface area contributed by atoms with Gasteiger partial charge in [-0.05, 0) is 63.9 Å². The van der Waals surface area contributed by atoms with E-state index in [4.69, 9.17) is 16.2 Å². The molecule has 2 heterocycles. The molecule has 2 aromatic heterocycles. The van der Waals surface area contributed by atoms with E-state index in [0.717, 1.165) is 53.0 Å². The molecule has 1 aliphatic rings. The molecule has 1 aliphatic carbocycles. The number of hydrogen-bond donors (Lipinski definition) is 4. The quantitative estimate of drug-likeness (QED) is 0.292. The second-order valence-electron chi connectivity index (χ2n) is 8.98. The lowest BCUT2D eigenvalue weighted by Gasteiger charge is -2.30. The fourth-order valence-corrected chi connectivity index (χ4v) is 5.72. The summed E-state index contributed by atoms with van der Waals surface area (Å²) in [5, 5.41) is 15.1. The standard InChI is InChI=1S/C24H34N6O2S/c1-5-14-8-18(19(10-17(14)26)32-13(2)11-25)29-22-21-16-7-6-15(24(31)30(3)4)9-20(16)33-23(21)28-12-27-22/h8,10,12-13,15,24,31H,5-7,9,11,25-26H2,1-4H3,(H,27,28,29). The van der Waals surface area contributed by atoms with Crippen LogP contribution in [0, 0.1) is 5.92 Å². The lowest BCUT2D eigenvalue weighted by Crippen LogP contribution is -2.37. The number of fused-ring (bicyclic) bond motifs is 3. The van der Waals surface area contributed by atoms with Gasteiger partial charge in [-0.25, -0.2) is 9.97 Å². The van der Waals surface area contributed by atoms with Gasteiger partial charge in [0.25, 0.3) is 0 Å². The van der Waals surface area contributed by atoms with Crippen molar-refractivity contribution < 1.29 is 9.84 Å². The van der Waals surface area contributed by atoms with Gasteiger partial charge in [0.1, 0.15) is 35.1 Å². The summed E-state index contributed by atoms with van der Waals surface area (Å²) < 4.78 is 6.08. The Balaban J connectivity index is 1.72. The van der Waals surface area contributed by atoms with Crippen molar-refractivity contribution in [3.05, 3.63) is 34.5 Å². The fourth-order valence-electron chi connectivity index (χ4n) is 4.44. The molecule has 0 radical (unpaired) electrons. The SMILES string of the molecule is CCc1cc(Nc2ncnc3sc4c(c23)CCC(C(O)N(C)C)C4)c(OC(C)CN)cc1N. The van der Waals surface area contributed by atoms with Crippen LogP contribution in [0.25, 0.3) is 10.2 Å². The lowest BCUT2D eigenvalue weighted by molar-refractivity contribution is -0.0142. The molecule has 0 bridgehead atoms. The first-order chi connectivity index (χ1) is 15.8. The molecule has 3 aromatic rings.